The van der Waals surface area contributed by atoms with Crippen molar-refractivity contribution in [1.82, 2.24) is 10.6 Å². The van der Waals surface area contributed by atoms with E-state index in [0.717, 1.165) is 5.56 Å². The molecule has 0 aliphatic rings. The minimum absolute atomic E-state index is 0.0295. The van der Waals surface area contributed by atoms with Crippen molar-refractivity contribution in [3.05, 3.63) is 69.8 Å². The topological polar surface area (TPSA) is 146 Å². The third-order valence-corrected chi connectivity index (χ3v) is 5.28. The summed E-state index contributed by atoms with van der Waals surface area (Å²) in [5, 5.41) is 16.4. The number of rotatable bonds is 14. The fraction of sp³-hybridized carbons (Fsp3) is 0.400. The van der Waals surface area contributed by atoms with Crippen LogP contribution in [0.25, 0.3) is 0 Å². The molecule has 11 heteroatoms. The molecule has 2 amide bonds. The van der Waals surface area contributed by atoms with Crippen LogP contribution in [-0.4, -0.2) is 49.7 Å². The number of hydrogen-bond donors (Lipinski definition) is 2. The van der Waals surface area contributed by atoms with Gasteiger partial charge in [0.2, 0.25) is 5.91 Å². The summed E-state index contributed by atoms with van der Waals surface area (Å²) in [5.74, 6) is -0.668. The summed E-state index contributed by atoms with van der Waals surface area (Å²) in [6.45, 7) is 0.600. The van der Waals surface area contributed by atoms with Crippen LogP contribution < -0.4 is 15.4 Å². The number of nitro groups is 1. The maximum absolute atomic E-state index is 12.4. The van der Waals surface area contributed by atoms with Gasteiger partial charge in [0.15, 0.2) is 0 Å². The van der Waals surface area contributed by atoms with E-state index >= 15 is 0 Å². The number of hydrogen-bond acceptors (Lipinski definition) is 8. The zero-order valence-electron chi connectivity index (χ0n) is 20.4. The Kier molecular flexibility index (Phi) is 11.7. The lowest BCUT2D eigenvalue weighted by Crippen LogP contribution is -2.43. The second kappa shape index (κ2) is 15.0. The van der Waals surface area contributed by atoms with Gasteiger partial charge in [-0.25, -0.2) is 9.59 Å². The molecule has 0 saturated heterocycles. The minimum atomic E-state index is -1.03. The van der Waals surface area contributed by atoms with Crippen LogP contribution in [0.15, 0.2) is 48.5 Å². The summed E-state index contributed by atoms with van der Waals surface area (Å²) in [6.07, 6.45) is 1.50. The number of unbranched alkanes of at least 4 members (excludes halogenated alkanes) is 2. The molecule has 0 radical (unpaired) electrons. The summed E-state index contributed by atoms with van der Waals surface area (Å²) in [4.78, 5) is 46.9. The van der Waals surface area contributed by atoms with E-state index < -0.39 is 23.0 Å². The Hall–Kier alpha value is -4.15. The highest BCUT2D eigenvalue weighted by atomic mass is 16.6. The zero-order chi connectivity index (χ0) is 26.3. The van der Waals surface area contributed by atoms with Crippen molar-refractivity contribution < 1.29 is 33.5 Å². The van der Waals surface area contributed by atoms with Gasteiger partial charge in [0, 0.05) is 37.1 Å². The molecular weight excluding hydrogens is 470 g/mol. The van der Waals surface area contributed by atoms with Crippen LogP contribution >= 0.6 is 0 Å². The van der Waals surface area contributed by atoms with Gasteiger partial charge in [-0.1, -0.05) is 36.8 Å². The Morgan fingerprint density at radius 1 is 1.03 bits per heavy atom. The normalized spacial score (nSPS) is 11.2. The number of carbonyl (C=O) groups is 3. The van der Waals surface area contributed by atoms with Crippen LogP contribution in [0.5, 0.6) is 5.75 Å². The molecular formula is C25H31N3O8. The summed E-state index contributed by atoms with van der Waals surface area (Å²) in [5.41, 5.74) is 1.14. The number of nitrogens with zero attached hydrogens (tertiary/aromatic N) is 1. The van der Waals surface area contributed by atoms with Gasteiger partial charge in [0.25, 0.3) is 5.69 Å². The van der Waals surface area contributed by atoms with Gasteiger partial charge >= 0.3 is 12.1 Å². The van der Waals surface area contributed by atoms with E-state index in [1.54, 1.807) is 0 Å². The summed E-state index contributed by atoms with van der Waals surface area (Å²) < 4.78 is 15.1. The Morgan fingerprint density at radius 3 is 2.44 bits per heavy atom. The van der Waals surface area contributed by atoms with E-state index in [9.17, 15) is 24.5 Å². The van der Waals surface area contributed by atoms with Crippen LogP contribution in [0.2, 0.25) is 0 Å². The van der Waals surface area contributed by atoms with Crippen LogP contribution in [-0.2, 0) is 32.1 Å². The molecule has 11 nitrogen and oxygen atoms in total. The maximum Gasteiger partial charge on any atom is 0.407 e. The molecule has 1 atom stereocenters. The van der Waals surface area contributed by atoms with Crippen molar-refractivity contribution in [2.75, 3.05) is 20.8 Å². The third kappa shape index (κ3) is 9.61. The van der Waals surface area contributed by atoms with E-state index in [1.165, 1.54) is 32.4 Å². The highest BCUT2D eigenvalue weighted by Gasteiger charge is 2.24. The molecule has 2 aromatic carbocycles. The lowest BCUT2D eigenvalue weighted by molar-refractivity contribution is -0.384. The van der Waals surface area contributed by atoms with Crippen molar-refractivity contribution in [1.29, 1.82) is 0 Å². The Labute approximate surface area is 209 Å². The first kappa shape index (κ1) is 28.1. The second-order valence-electron chi connectivity index (χ2n) is 7.90. The third-order valence-electron chi connectivity index (χ3n) is 5.28. The summed E-state index contributed by atoms with van der Waals surface area (Å²) in [6, 6.07) is 12.4. The van der Waals surface area contributed by atoms with Crippen LogP contribution in [0.3, 0.4) is 0 Å². The lowest BCUT2D eigenvalue weighted by atomic mass is 10.0. The number of esters is 1. The fourth-order valence-electron chi connectivity index (χ4n) is 3.41. The smallest absolute Gasteiger partial charge is 0.407 e. The quantitative estimate of drug-likeness (QED) is 0.174. The van der Waals surface area contributed by atoms with Crippen molar-refractivity contribution in [3.8, 4) is 5.75 Å². The molecule has 0 aromatic heterocycles. The highest BCUT2D eigenvalue weighted by Crippen LogP contribution is 2.25. The maximum atomic E-state index is 12.4. The molecule has 0 bridgehead atoms. The average Bonchev–Trinajstić information content (AvgIpc) is 2.89. The van der Waals surface area contributed by atoms with Crippen molar-refractivity contribution in [3.63, 3.8) is 0 Å². The number of alkyl carbamates (subject to hydrolysis) is 1. The van der Waals surface area contributed by atoms with Gasteiger partial charge in [-0.15, -0.1) is 0 Å². The van der Waals surface area contributed by atoms with E-state index in [1.807, 2.05) is 30.3 Å². The molecule has 0 unspecified atom stereocenters. The van der Waals surface area contributed by atoms with Gasteiger partial charge in [0.1, 0.15) is 18.4 Å². The van der Waals surface area contributed by atoms with Crippen molar-refractivity contribution in [2.45, 2.75) is 44.8 Å². The summed E-state index contributed by atoms with van der Waals surface area (Å²) >= 11 is 0. The van der Waals surface area contributed by atoms with Gasteiger partial charge in [0.05, 0.1) is 19.1 Å². The number of nitrogens with one attached hydrogen (secondary N) is 2. The predicted octanol–water partition coefficient (Wildman–Crippen LogP) is 3.29. The number of benzene rings is 2. The molecule has 194 valence electrons. The molecule has 0 saturated carbocycles. The largest absolute Gasteiger partial charge is 0.496 e. The number of methoxy groups -OCH3 is 2. The molecule has 0 aliphatic heterocycles. The first-order chi connectivity index (χ1) is 17.3. The highest BCUT2D eigenvalue weighted by molar-refractivity contribution is 5.84. The van der Waals surface area contributed by atoms with E-state index in [4.69, 9.17) is 14.2 Å². The fourth-order valence-corrected chi connectivity index (χ4v) is 3.41. The molecule has 2 rings (SSSR count). The summed E-state index contributed by atoms with van der Waals surface area (Å²) in [7, 11) is 2.61. The molecule has 2 N–H and O–H groups in total. The second-order valence-corrected chi connectivity index (χ2v) is 7.90. The van der Waals surface area contributed by atoms with E-state index in [2.05, 4.69) is 10.6 Å². The molecule has 0 heterocycles. The molecule has 0 fully saturated rings. The standard InChI is InChI=1S/C25H31N3O8/c1-34-22-13-12-20(28(32)33)15-19(22)16-21(24(30)35-2)27-23(29)11-7-4-8-14-26-25(31)36-17-18-9-5-3-6-10-18/h3,5-6,9-10,12-13,15,21H,4,7-8,11,14,16-17H2,1-2H3,(H,26,31)(H,27,29)/t21-/m0/s1. The molecule has 2 aromatic rings. The predicted molar refractivity (Wildman–Crippen MR) is 130 cm³/mol. The Morgan fingerprint density at radius 2 is 1.78 bits per heavy atom. The molecule has 0 spiro atoms. The number of nitro benzene ring substituents is 1. The number of amides is 2. The van der Waals surface area contributed by atoms with Gasteiger partial charge in [-0.05, 0) is 24.5 Å². The minimum Gasteiger partial charge on any atom is -0.496 e. The first-order valence-corrected chi connectivity index (χ1v) is 11.5. The lowest BCUT2D eigenvalue weighted by Gasteiger charge is -2.18. The SMILES string of the molecule is COC(=O)[C@H](Cc1cc([N+](=O)[O-])ccc1OC)NC(=O)CCCCCNC(=O)OCc1ccccc1. The number of non-ortho nitro benzene ring substituents is 1. The Balaban J connectivity index is 1.74. The number of carbonyl (C=O) groups excluding carboxylic acids is 3. The van der Waals surface area contributed by atoms with Crippen molar-refractivity contribution >= 4 is 23.7 Å². The van der Waals surface area contributed by atoms with E-state index in [-0.39, 0.29) is 31.0 Å². The Bertz CT molecular complexity index is 1030. The first-order valence-electron chi connectivity index (χ1n) is 11.5. The monoisotopic (exact) mass is 501 g/mol. The van der Waals surface area contributed by atoms with Gasteiger partial charge in [-0.2, -0.15) is 0 Å². The van der Waals surface area contributed by atoms with Gasteiger partial charge < -0.3 is 24.8 Å². The van der Waals surface area contributed by atoms with Gasteiger partial charge in [-0.3, -0.25) is 14.9 Å². The van der Waals surface area contributed by atoms with E-state index in [0.29, 0.717) is 37.1 Å². The van der Waals surface area contributed by atoms with Crippen LogP contribution in [0.1, 0.15) is 36.8 Å². The molecule has 0 aliphatic carbocycles. The average molecular weight is 502 g/mol. The van der Waals surface area contributed by atoms with Crippen molar-refractivity contribution in [2.24, 2.45) is 0 Å². The zero-order valence-corrected chi connectivity index (χ0v) is 20.4. The van der Waals surface area contributed by atoms with Crippen LogP contribution in [0, 0.1) is 10.1 Å². The molecule has 36 heavy (non-hydrogen) atoms. The van der Waals surface area contributed by atoms with Crippen LogP contribution in [0.4, 0.5) is 10.5 Å². The number of ether oxygens (including phenoxy) is 3.